The van der Waals surface area contributed by atoms with Gasteiger partial charge in [-0.25, -0.2) is 0 Å². The molecule has 2 nitrogen and oxygen atoms in total. The molecule has 0 saturated heterocycles. The van der Waals surface area contributed by atoms with E-state index in [9.17, 15) is 4.79 Å². The monoisotopic (exact) mass is 329 g/mol. The molecular weight excluding hydrogens is 310 g/mol. The number of carbonyl (C=O) groups excluding carboxylic acids is 1. The van der Waals surface area contributed by atoms with Crippen molar-refractivity contribution >= 4 is 33.6 Å². The molecule has 1 atom stereocenters. The van der Waals surface area contributed by atoms with Gasteiger partial charge in [-0.05, 0) is 47.3 Å². The quantitative estimate of drug-likeness (QED) is 0.796. The average molecular weight is 330 g/mol. The van der Waals surface area contributed by atoms with Crippen LogP contribution >= 0.6 is 27.7 Å². The first-order valence-corrected chi connectivity index (χ1v) is 7.87. The lowest BCUT2D eigenvalue weighted by Crippen LogP contribution is -2.32. The van der Waals surface area contributed by atoms with Gasteiger partial charge in [0.05, 0.1) is 5.25 Å². The molecule has 1 unspecified atom stereocenters. The summed E-state index contributed by atoms with van der Waals surface area (Å²) in [5.74, 6) is 0.730. The number of rotatable bonds is 6. The minimum absolute atomic E-state index is 0.0733. The molecule has 4 heteroatoms. The van der Waals surface area contributed by atoms with Crippen LogP contribution in [0.1, 0.15) is 27.2 Å². The normalized spacial score (nSPS) is 12.5. The highest BCUT2D eigenvalue weighted by Gasteiger charge is 2.15. The van der Waals surface area contributed by atoms with Crippen LogP contribution in [0.25, 0.3) is 0 Å². The minimum atomic E-state index is -0.0733. The molecule has 0 fully saturated rings. The smallest absolute Gasteiger partial charge is 0.233 e. The summed E-state index contributed by atoms with van der Waals surface area (Å²) < 4.78 is 1.04. The van der Waals surface area contributed by atoms with Gasteiger partial charge in [0.1, 0.15) is 0 Å². The molecule has 100 valence electrons. The van der Waals surface area contributed by atoms with Crippen molar-refractivity contribution in [1.82, 2.24) is 5.32 Å². The zero-order valence-corrected chi connectivity index (χ0v) is 13.5. The Bertz CT molecular complexity index is 395. The number of hydrogen-bond donors (Lipinski definition) is 1. The lowest BCUT2D eigenvalue weighted by molar-refractivity contribution is -0.120. The molecule has 0 aliphatic carbocycles. The number of thioether (sulfide) groups is 1. The number of nitrogens with one attached hydrogen (secondary N) is 1. The van der Waals surface area contributed by atoms with E-state index >= 15 is 0 Å². The fraction of sp³-hybridized carbons (Fsp3) is 0.500. The third kappa shape index (κ3) is 5.44. The molecule has 0 aliphatic rings. The second-order valence-corrected chi connectivity index (χ2v) is 6.90. The van der Waals surface area contributed by atoms with Crippen molar-refractivity contribution in [3.8, 4) is 0 Å². The summed E-state index contributed by atoms with van der Waals surface area (Å²) in [6.45, 7) is 7.02. The summed E-state index contributed by atoms with van der Waals surface area (Å²) in [7, 11) is 0. The molecule has 1 amide bonds. The number of benzene rings is 1. The van der Waals surface area contributed by atoms with Gasteiger partial charge >= 0.3 is 0 Å². The van der Waals surface area contributed by atoms with Crippen molar-refractivity contribution < 1.29 is 4.79 Å². The van der Waals surface area contributed by atoms with Crippen LogP contribution in [0.15, 0.2) is 33.6 Å². The van der Waals surface area contributed by atoms with Crippen LogP contribution in [-0.2, 0) is 4.79 Å². The van der Waals surface area contributed by atoms with Crippen molar-refractivity contribution in [3.05, 3.63) is 28.7 Å². The molecule has 1 N–H and O–H groups in total. The van der Waals surface area contributed by atoms with Gasteiger partial charge < -0.3 is 5.32 Å². The van der Waals surface area contributed by atoms with Crippen LogP contribution in [0.5, 0.6) is 0 Å². The first-order chi connectivity index (χ1) is 8.50. The SMILES string of the molecule is CC(C)CCNC(=O)C(C)Sc1ccccc1Br. The van der Waals surface area contributed by atoms with Crippen LogP contribution in [0.3, 0.4) is 0 Å². The number of hydrogen-bond acceptors (Lipinski definition) is 2. The predicted molar refractivity (Wildman–Crippen MR) is 81.9 cm³/mol. The van der Waals surface area contributed by atoms with E-state index in [4.69, 9.17) is 0 Å². The maximum atomic E-state index is 11.9. The molecule has 0 heterocycles. The van der Waals surface area contributed by atoms with Crippen LogP contribution < -0.4 is 5.32 Å². The number of carbonyl (C=O) groups is 1. The van der Waals surface area contributed by atoms with Crippen LogP contribution in [0.2, 0.25) is 0 Å². The summed E-state index contributed by atoms with van der Waals surface area (Å²) >= 11 is 5.07. The molecule has 0 radical (unpaired) electrons. The third-order valence-corrected chi connectivity index (χ3v) is 4.66. The second-order valence-electron chi connectivity index (χ2n) is 4.66. The van der Waals surface area contributed by atoms with Crippen LogP contribution in [0, 0.1) is 5.92 Å². The van der Waals surface area contributed by atoms with Crippen molar-refractivity contribution in [2.24, 2.45) is 5.92 Å². The molecule has 1 aromatic rings. The van der Waals surface area contributed by atoms with E-state index in [-0.39, 0.29) is 11.2 Å². The van der Waals surface area contributed by atoms with Crippen molar-refractivity contribution in [2.75, 3.05) is 6.54 Å². The number of amides is 1. The lowest BCUT2D eigenvalue weighted by Gasteiger charge is -2.13. The average Bonchev–Trinajstić information content (AvgIpc) is 2.31. The standard InChI is InChI=1S/C14H20BrNOS/c1-10(2)8-9-16-14(17)11(3)18-13-7-5-4-6-12(13)15/h4-7,10-11H,8-9H2,1-3H3,(H,16,17). The lowest BCUT2D eigenvalue weighted by atomic mass is 10.1. The summed E-state index contributed by atoms with van der Waals surface area (Å²) in [6.07, 6.45) is 1.03. The summed E-state index contributed by atoms with van der Waals surface area (Å²) in [4.78, 5) is 13.0. The zero-order valence-electron chi connectivity index (χ0n) is 11.1. The van der Waals surface area contributed by atoms with E-state index < -0.39 is 0 Å². The van der Waals surface area contributed by atoms with E-state index in [0.717, 1.165) is 22.3 Å². The molecule has 0 aromatic heterocycles. The maximum Gasteiger partial charge on any atom is 0.233 e. The largest absolute Gasteiger partial charge is 0.355 e. The predicted octanol–water partition coefficient (Wildman–Crippen LogP) is 4.09. The molecule has 0 saturated carbocycles. The van der Waals surface area contributed by atoms with Gasteiger partial charge in [0, 0.05) is 15.9 Å². The van der Waals surface area contributed by atoms with Crippen molar-refractivity contribution in [3.63, 3.8) is 0 Å². The van der Waals surface area contributed by atoms with Crippen molar-refractivity contribution in [2.45, 2.75) is 37.3 Å². The molecule has 0 aliphatic heterocycles. The summed E-state index contributed by atoms with van der Waals surface area (Å²) in [5.41, 5.74) is 0. The van der Waals surface area contributed by atoms with Crippen LogP contribution in [0.4, 0.5) is 0 Å². The Hall–Kier alpha value is -0.480. The van der Waals surface area contributed by atoms with Gasteiger partial charge in [-0.1, -0.05) is 26.0 Å². The highest BCUT2D eigenvalue weighted by Crippen LogP contribution is 2.30. The van der Waals surface area contributed by atoms with Gasteiger partial charge in [-0.15, -0.1) is 11.8 Å². The third-order valence-electron chi connectivity index (χ3n) is 2.53. The van der Waals surface area contributed by atoms with E-state index in [0.29, 0.717) is 5.92 Å². The molecule has 0 bridgehead atoms. The molecule has 0 spiro atoms. The van der Waals surface area contributed by atoms with Gasteiger partial charge in [-0.3, -0.25) is 4.79 Å². The summed E-state index contributed by atoms with van der Waals surface area (Å²) in [6, 6.07) is 7.97. The Balaban J connectivity index is 2.43. The minimum Gasteiger partial charge on any atom is -0.355 e. The Kier molecular flexibility index (Phi) is 6.79. The molecule has 1 aromatic carbocycles. The van der Waals surface area contributed by atoms with Gasteiger partial charge in [0.2, 0.25) is 5.91 Å². The van der Waals surface area contributed by atoms with Gasteiger partial charge in [-0.2, -0.15) is 0 Å². The Labute approximate surface area is 122 Å². The Morgan fingerprint density at radius 3 is 2.61 bits per heavy atom. The zero-order chi connectivity index (χ0) is 13.5. The molecule has 18 heavy (non-hydrogen) atoms. The second kappa shape index (κ2) is 7.85. The Morgan fingerprint density at radius 1 is 1.33 bits per heavy atom. The fourth-order valence-corrected chi connectivity index (χ4v) is 2.89. The number of halogens is 1. The molecule has 1 rings (SSSR count). The summed E-state index contributed by atoms with van der Waals surface area (Å²) in [5, 5.41) is 2.91. The van der Waals surface area contributed by atoms with E-state index in [1.165, 1.54) is 0 Å². The highest BCUT2D eigenvalue weighted by molar-refractivity contribution is 9.10. The first-order valence-electron chi connectivity index (χ1n) is 6.19. The maximum absolute atomic E-state index is 11.9. The highest BCUT2D eigenvalue weighted by atomic mass is 79.9. The van der Waals surface area contributed by atoms with Crippen LogP contribution in [-0.4, -0.2) is 17.7 Å². The molecular formula is C14H20BrNOS. The topological polar surface area (TPSA) is 29.1 Å². The van der Waals surface area contributed by atoms with Crippen molar-refractivity contribution in [1.29, 1.82) is 0 Å². The first kappa shape index (κ1) is 15.6. The van der Waals surface area contributed by atoms with Gasteiger partial charge in [0.15, 0.2) is 0 Å². The fourth-order valence-electron chi connectivity index (χ4n) is 1.41. The van der Waals surface area contributed by atoms with E-state index in [2.05, 4.69) is 35.1 Å². The van der Waals surface area contributed by atoms with Gasteiger partial charge in [0.25, 0.3) is 0 Å². The Morgan fingerprint density at radius 2 is 2.00 bits per heavy atom. The van der Waals surface area contributed by atoms with E-state index in [1.807, 2.05) is 31.2 Å². The van der Waals surface area contributed by atoms with E-state index in [1.54, 1.807) is 11.8 Å².